The van der Waals surface area contributed by atoms with Crippen LogP contribution in [0.25, 0.3) is 0 Å². The van der Waals surface area contributed by atoms with Gasteiger partial charge in [-0.1, -0.05) is 100 Å². The van der Waals surface area contributed by atoms with E-state index in [2.05, 4.69) is 115 Å². The summed E-state index contributed by atoms with van der Waals surface area (Å²) in [5.74, 6) is -2.15. The van der Waals surface area contributed by atoms with Crippen molar-refractivity contribution in [3.63, 3.8) is 0 Å². The van der Waals surface area contributed by atoms with Crippen LogP contribution in [0.5, 0.6) is 0 Å². The Morgan fingerprint density at radius 1 is 0.877 bits per heavy atom. The number of anilines is 1. The first-order valence-corrected chi connectivity index (χ1v) is 21.5. The molecule has 5 rings (SSSR count). The lowest BCUT2D eigenvalue weighted by Gasteiger charge is -2.27. The highest BCUT2D eigenvalue weighted by Gasteiger charge is 2.44. The smallest absolute Gasteiger partial charge is 0.326 e. The van der Waals surface area contributed by atoms with Crippen LogP contribution in [0.2, 0.25) is 0 Å². The number of allylic oxidation sites excluding steroid dienone is 8. The average Bonchev–Trinajstić information content (AvgIpc) is 3.53. The minimum absolute atomic E-state index is 0.0972. The van der Waals surface area contributed by atoms with Crippen LogP contribution in [0, 0.1) is 0 Å². The number of carbonyl (C=O) groups is 3. The number of fused-ring (bicyclic) bond motifs is 2. The van der Waals surface area contributed by atoms with E-state index in [9.17, 15) is 24.6 Å². The minimum Gasteiger partial charge on any atom is -0.550 e. The van der Waals surface area contributed by atoms with Crippen LogP contribution >= 0.6 is 11.6 Å². The Morgan fingerprint density at radius 2 is 1.58 bits per heavy atom. The number of benzene rings is 2. The standard InChI is InChI=1S/C48H62ClN3O5/c1-6-7-23-38(46(56)57)50-43(53)26-10-8-16-32-51-39-24-14-12-21-36(39)47(2,3)41(51)30-28-34-19-18-20-35(45(34)49)29-31-42-48(4,5)37-22-13-15-25-40(37)52(42)33-17-9-11-27-44(54)55/h12-15,21-22,24-25,28-31,38H,6-11,16-20,23,26-27,32-33H2,1-5H3,(H2-,50,53,54,55,56,57). The number of unbranched alkanes of at least 4 members (excludes halogenated alkanes) is 5. The van der Waals surface area contributed by atoms with E-state index in [-0.39, 0.29) is 23.2 Å². The number of rotatable bonds is 20. The molecule has 8 nitrogen and oxygen atoms in total. The van der Waals surface area contributed by atoms with Crippen molar-refractivity contribution in [2.45, 2.75) is 141 Å². The Labute approximate surface area is 345 Å². The summed E-state index contributed by atoms with van der Waals surface area (Å²) in [5, 5.41) is 24.0. The van der Waals surface area contributed by atoms with Crippen LogP contribution in [0.3, 0.4) is 0 Å². The first-order chi connectivity index (χ1) is 27.3. The number of nitrogens with zero attached hydrogens (tertiary/aromatic N) is 2. The number of halogens is 1. The Hall–Kier alpha value is -4.43. The predicted octanol–water partition coefficient (Wildman–Crippen LogP) is 9.53. The van der Waals surface area contributed by atoms with Gasteiger partial charge in [0.05, 0.1) is 5.41 Å². The number of amides is 1. The fraction of sp³-hybridized carbons (Fsp3) is 0.500. The van der Waals surface area contributed by atoms with Gasteiger partial charge in [-0.2, -0.15) is 4.58 Å². The van der Waals surface area contributed by atoms with Gasteiger partial charge in [0.15, 0.2) is 5.71 Å². The molecule has 2 aromatic rings. The van der Waals surface area contributed by atoms with E-state index < -0.39 is 18.0 Å². The average molecular weight is 796 g/mol. The van der Waals surface area contributed by atoms with Gasteiger partial charge < -0.3 is 25.2 Å². The zero-order chi connectivity index (χ0) is 41.2. The summed E-state index contributed by atoms with van der Waals surface area (Å²) in [6, 6.07) is 16.3. The molecule has 2 N–H and O–H groups in total. The molecule has 0 fully saturated rings. The molecule has 0 bridgehead atoms. The lowest BCUT2D eigenvalue weighted by molar-refractivity contribution is -0.438. The molecule has 57 heavy (non-hydrogen) atoms. The maximum atomic E-state index is 12.6. The first-order valence-electron chi connectivity index (χ1n) is 21.1. The van der Waals surface area contributed by atoms with Crippen molar-refractivity contribution >= 4 is 46.5 Å². The summed E-state index contributed by atoms with van der Waals surface area (Å²) in [5.41, 5.74) is 9.30. The van der Waals surface area contributed by atoms with Crippen LogP contribution in [-0.2, 0) is 25.2 Å². The molecule has 0 saturated carbocycles. The number of carboxylic acid groups (broad SMARTS) is 2. The second-order valence-electron chi connectivity index (χ2n) is 16.8. The van der Waals surface area contributed by atoms with Gasteiger partial charge in [0.25, 0.3) is 0 Å². The minimum atomic E-state index is -0.988. The molecule has 306 valence electrons. The van der Waals surface area contributed by atoms with Crippen molar-refractivity contribution < 1.29 is 29.2 Å². The summed E-state index contributed by atoms with van der Waals surface area (Å²) in [6.07, 6.45) is 19.1. The first kappa shape index (κ1) is 43.7. The molecule has 0 radical (unpaired) electrons. The van der Waals surface area contributed by atoms with E-state index in [0.717, 1.165) is 87.1 Å². The molecule has 1 atom stereocenters. The lowest BCUT2D eigenvalue weighted by atomic mass is 9.81. The van der Waals surface area contributed by atoms with Gasteiger partial charge in [-0.25, -0.2) is 4.79 Å². The SMILES string of the molecule is CCCCC(NC(=O)CCCCC[N+]1=C(/C=C/C2=C(Cl)C(=C/C=C3/N(CCCCCC(=O)[O-])c4ccccc4C3(C)C)/CCC2)C(C)(C)c2ccccc21)C(=O)O. The topological polar surface area (TPSA) is 113 Å². The molecule has 0 saturated heterocycles. The summed E-state index contributed by atoms with van der Waals surface area (Å²) in [6.45, 7) is 12.7. The number of hydrogen-bond donors (Lipinski definition) is 2. The second-order valence-corrected chi connectivity index (χ2v) is 17.2. The quantitative estimate of drug-likeness (QED) is 0.102. The van der Waals surface area contributed by atoms with Crippen LogP contribution in [0.4, 0.5) is 11.4 Å². The molecule has 2 aliphatic heterocycles. The number of hydrogen-bond acceptors (Lipinski definition) is 5. The van der Waals surface area contributed by atoms with Gasteiger partial charge in [0.2, 0.25) is 11.6 Å². The molecule has 1 amide bonds. The molecular formula is C48H62ClN3O5. The summed E-state index contributed by atoms with van der Waals surface area (Å²) in [4.78, 5) is 37.5. The highest BCUT2D eigenvalue weighted by molar-refractivity contribution is 6.32. The van der Waals surface area contributed by atoms with Crippen LogP contribution in [0.1, 0.15) is 136 Å². The predicted molar refractivity (Wildman–Crippen MR) is 229 cm³/mol. The second kappa shape index (κ2) is 19.8. The molecular weight excluding hydrogens is 734 g/mol. The van der Waals surface area contributed by atoms with Crippen LogP contribution in [0.15, 0.2) is 94.7 Å². The van der Waals surface area contributed by atoms with E-state index >= 15 is 0 Å². The molecule has 2 aromatic carbocycles. The third-order valence-electron chi connectivity index (χ3n) is 12.0. The normalized spacial score (nSPS) is 19.1. The Balaban J connectivity index is 1.32. The lowest BCUT2D eigenvalue weighted by Crippen LogP contribution is -2.40. The van der Waals surface area contributed by atoms with Gasteiger partial charge in [-0.05, 0) is 100 Å². The Kier molecular flexibility index (Phi) is 15.2. The van der Waals surface area contributed by atoms with Gasteiger partial charge in [0, 0.05) is 64.9 Å². The van der Waals surface area contributed by atoms with E-state index in [1.54, 1.807) is 0 Å². The highest BCUT2D eigenvalue weighted by atomic mass is 35.5. The van der Waals surface area contributed by atoms with Crippen molar-refractivity contribution in [3.05, 3.63) is 106 Å². The number of nitrogens with one attached hydrogen (secondary N) is 1. The molecule has 1 unspecified atom stereocenters. The fourth-order valence-electron chi connectivity index (χ4n) is 8.71. The molecule has 9 heteroatoms. The third-order valence-corrected chi connectivity index (χ3v) is 12.5. The van der Waals surface area contributed by atoms with Crippen molar-refractivity contribution in [1.29, 1.82) is 0 Å². The fourth-order valence-corrected chi connectivity index (χ4v) is 9.03. The Morgan fingerprint density at radius 3 is 2.32 bits per heavy atom. The van der Waals surface area contributed by atoms with Crippen LogP contribution in [-0.4, -0.2) is 52.4 Å². The summed E-state index contributed by atoms with van der Waals surface area (Å²) < 4.78 is 2.42. The van der Waals surface area contributed by atoms with Crippen molar-refractivity contribution in [2.75, 3.05) is 18.0 Å². The van der Waals surface area contributed by atoms with E-state index in [4.69, 9.17) is 11.6 Å². The van der Waals surface area contributed by atoms with Gasteiger partial charge in [0.1, 0.15) is 12.6 Å². The summed E-state index contributed by atoms with van der Waals surface area (Å²) in [7, 11) is 0. The molecule has 3 aliphatic rings. The third kappa shape index (κ3) is 10.6. The maximum absolute atomic E-state index is 12.6. The number of aliphatic carboxylic acids is 2. The zero-order valence-electron chi connectivity index (χ0n) is 34.7. The Bertz CT molecular complexity index is 1950. The molecule has 0 spiro atoms. The number of para-hydroxylation sites is 2. The largest absolute Gasteiger partial charge is 0.550 e. The van der Waals surface area contributed by atoms with Gasteiger partial charge >= 0.3 is 5.97 Å². The van der Waals surface area contributed by atoms with E-state index in [0.29, 0.717) is 25.7 Å². The molecule has 0 aromatic heterocycles. The van der Waals surface area contributed by atoms with Crippen molar-refractivity contribution in [3.8, 4) is 0 Å². The highest BCUT2D eigenvalue weighted by Crippen LogP contribution is 2.48. The zero-order valence-corrected chi connectivity index (χ0v) is 35.4. The number of carboxylic acids is 2. The molecule has 1 aliphatic carbocycles. The summed E-state index contributed by atoms with van der Waals surface area (Å²) >= 11 is 7.25. The maximum Gasteiger partial charge on any atom is 0.326 e. The molecule has 2 heterocycles. The van der Waals surface area contributed by atoms with E-state index in [1.807, 2.05) is 6.92 Å². The van der Waals surface area contributed by atoms with Gasteiger partial charge in [-0.3, -0.25) is 4.79 Å². The van der Waals surface area contributed by atoms with Crippen LogP contribution < -0.4 is 15.3 Å². The van der Waals surface area contributed by atoms with Crippen molar-refractivity contribution in [2.24, 2.45) is 0 Å². The van der Waals surface area contributed by atoms with Crippen molar-refractivity contribution in [1.82, 2.24) is 5.32 Å². The number of carbonyl (C=O) groups excluding carboxylic acids is 2. The van der Waals surface area contributed by atoms with Gasteiger partial charge in [-0.15, -0.1) is 0 Å². The monoisotopic (exact) mass is 795 g/mol. The van der Waals surface area contributed by atoms with E-state index in [1.165, 1.54) is 33.9 Å².